The average molecular weight is 528 g/mol. The Bertz CT molecular complexity index is 1180. The van der Waals surface area contributed by atoms with Crippen LogP contribution in [0.1, 0.15) is 69.1 Å². The molecule has 0 unspecified atom stereocenters. The zero-order chi connectivity index (χ0) is 27.0. The van der Waals surface area contributed by atoms with Gasteiger partial charge in [-0.3, -0.25) is 13.9 Å². The van der Waals surface area contributed by atoms with E-state index >= 15 is 0 Å². The first-order valence-electron chi connectivity index (χ1n) is 13.3. The van der Waals surface area contributed by atoms with Crippen LogP contribution in [-0.4, -0.2) is 50.0 Å². The van der Waals surface area contributed by atoms with Crippen LogP contribution in [0.3, 0.4) is 0 Å². The van der Waals surface area contributed by atoms with Crippen molar-refractivity contribution in [3.8, 4) is 0 Å². The molecule has 1 N–H and O–H groups in total. The smallest absolute Gasteiger partial charge is 0.244 e. The number of amides is 2. The van der Waals surface area contributed by atoms with Crippen LogP contribution in [0.2, 0.25) is 0 Å². The Morgan fingerprint density at radius 3 is 2.35 bits per heavy atom. The van der Waals surface area contributed by atoms with Crippen LogP contribution in [0.5, 0.6) is 0 Å². The summed E-state index contributed by atoms with van der Waals surface area (Å²) in [7, 11) is -3.75. The van der Waals surface area contributed by atoms with Gasteiger partial charge in [-0.05, 0) is 49.8 Å². The minimum atomic E-state index is -3.75. The van der Waals surface area contributed by atoms with Gasteiger partial charge in [0, 0.05) is 12.6 Å². The van der Waals surface area contributed by atoms with Crippen LogP contribution < -0.4 is 9.62 Å². The fraction of sp³-hybridized carbons (Fsp3) is 0.517. The van der Waals surface area contributed by atoms with Gasteiger partial charge in [0.15, 0.2) is 0 Å². The second-order valence-corrected chi connectivity index (χ2v) is 11.9. The molecule has 0 aromatic heterocycles. The topological polar surface area (TPSA) is 86.8 Å². The predicted octanol–water partition coefficient (Wildman–Crippen LogP) is 4.58. The third-order valence-electron chi connectivity index (χ3n) is 7.09. The van der Waals surface area contributed by atoms with Gasteiger partial charge in [0.2, 0.25) is 21.8 Å². The van der Waals surface area contributed by atoms with E-state index in [9.17, 15) is 18.0 Å². The lowest BCUT2D eigenvalue weighted by molar-refractivity contribution is -0.140. The molecule has 0 bridgehead atoms. The first-order chi connectivity index (χ1) is 17.6. The van der Waals surface area contributed by atoms with Gasteiger partial charge in [0.05, 0.1) is 11.9 Å². The van der Waals surface area contributed by atoms with Crippen LogP contribution in [0.25, 0.3) is 0 Å². The Morgan fingerprint density at radius 2 is 1.73 bits per heavy atom. The van der Waals surface area contributed by atoms with Crippen molar-refractivity contribution < 1.29 is 18.0 Å². The van der Waals surface area contributed by atoms with Crippen molar-refractivity contribution in [2.75, 3.05) is 17.1 Å². The van der Waals surface area contributed by atoms with Gasteiger partial charge in [-0.25, -0.2) is 8.42 Å². The standard InChI is InChI=1S/C29H41N3O4S/c1-5-24-15-10-11-18-27(24)32(37(4,35)36)21-28(33)31(20-23-14-12-13-22(3)19-23)26(6-2)29(34)30-25-16-8-7-9-17-25/h10-15,18-19,25-26H,5-9,16-17,20-21H2,1-4H3,(H,30,34)/t26-/m1/s1. The molecule has 0 spiro atoms. The van der Waals surface area contributed by atoms with Gasteiger partial charge < -0.3 is 10.2 Å². The third kappa shape index (κ3) is 7.81. The summed E-state index contributed by atoms with van der Waals surface area (Å²) in [6.45, 7) is 5.69. The maximum Gasteiger partial charge on any atom is 0.244 e. The SMILES string of the molecule is CCc1ccccc1N(CC(=O)N(Cc1cccc(C)c1)[C@H](CC)C(=O)NC1CCCCC1)S(C)(=O)=O. The van der Waals surface area contributed by atoms with E-state index in [4.69, 9.17) is 0 Å². The lowest BCUT2D eigenvalue weighted by Crippen LogP contribution is -2.54. The molecule has 1 aliphatic rings. The zero-order valence-corrected chi connectivity index (χ0v) is 23.4. The molecule has 1 atom stereocenters. The molecule has 1 aliphatic carbocycles. The van der Waals surface area contributed by atoms with Crippen molar-refractivity contribution in [1.82, 2.24) is 10.2 Å². The normalized spacial score (nSPS) is 15.1. The first-order valence-corrected chi connectivity index (χ1v) is 15.2. The van der Waals surface area contributed by atoms with E-state index < -0.39 is 22.0 Å². The van der Waals surface area contributed by atoms with Crippen LogP contribution >= 0.6 is 0 Å². The molecule has 0 radical (unpaired) electrons. The number of nitrogens with one attached hydrogen (secondary N) is 1. The van der Waals surface area contributed by atoms with Gasteiger partial charge in [-0.2, -0.15) is 0 Å². The van der Waals surface area contributed by atoms with E-state index in [1.54, 1.807) is 17.0 Å². The van der Waals surface area contributed by atoms with Crippen molar-refractivity contribution in [3.63, 3.8) is 0 Å². The fourth-order valence-corrected chi connectivity index (χ4v) is 6.00. The summed E-state index contributed by atoms with van der Waals surface area (Å²) >= 11 is 0. The summed E-state index contributed by atoms with van der Waals surface area (Å²) in [6, 6.07) is 14.5. The van der Waals surface area contributed by atoms with Crippen molar-refractivity contribution in [2.24, 2.45) is 0 Å². The number of benzene rings is 2. The summed E-state index contributed by atoms with van der Waals surface area (Å²) < 4.78 is 26.9. The van der Waals surface area contributed by atoms with Crippen molar-refractivity contribution in [2.45, 2.75) is 84.3 Å². The molecule has 8 heteroatoms. The van der Waals surface area contributed by atoms with Crippen LogP contribution in [0.4, 0.5) is 5.69 Å². The number of anilines is 1. The molecule has 0 heterocycles. The Balaban J connectivity index is 1.94. The molecular weight excluding hydrogens is 486 g/mol. The Kier molecular flexibility index (Phi) is 10.1. The number of carbonyl (C=O) groups is 2. The quantitative estimate of drug-likeness (QED) is 0.463. The number of aryl methyl sites for hydroxylation is 2. The molecule has 1 saturated carbocycles. The number of hydrogen-bond donors (Lipinski definition) is 1. The number of rotatable bonds is 11. The monoisotopic (exact) mass is 527 g/mol. The first kappa shape index (κ1) is 28.7. The van der Waals surface area contributed by atoms with Crippen LogP contribution in [-0.2, 0) is 32.6 Å². The molecule has 2 amide bonds. The predicted molar refractivity (Wildman–Crippen MR) is 149 cm³/mol. The molecule has 1 fully saturated rings. The van der Waals surface area contributed by atoms with Crippen molar-refractivity contribution in [1.29, 1.82) is 0 Å². The second kappa shape index (κ2) is 13.1. The Labute approximate surface area is 222 Å². The van der Waals surface area contributed by atoms with Gasteiger partial charge in [0.1, 0.15) is 12.6 Å². The third-order valence-corrected chi connectivity index (χ3v) is 8.22. The molecule has 7 nitrogen and oxygen atoms in total. The Hall–Kier alpha value is -2.87. The van der Waals surface area contributed by atoms with Crippen LogP contribution in [0, 0.1) is 6.92 Å². The minimum Gasteiger partial charge on any atom is -0.352 e. The van der Waals surface area contributed by atoms with Gasteiger partial charge in [-0.1, -0.05) is 81.1 Å². The number of hydrogen-bond acceptors (Lipinski definition) is 4. The molecule has 202 valence electrons. The summed E-state index contributed by atoms with van der Waals surface area (Å²) in [4.78, 5) is 28.9. The van der Waals surface area contributed by atoms with E-state index in [1.807, 2.05) is 57.2 Å². The highest BCUT2D eigenvalue weighted by Gasteiger charge is 2.33. The van der Waals surface area contributed by atoms with E-state index in [0.717, 1.165) is 48.6 Å². The summed E-state index contributed by atoms with van der Waals surface area (Å²) in [5.74, 6) is -0.571. The lowest BCUT2D eigenvalue weighted by Gasteiger charge is -2.34. The second-order valence-electron chi connectivity index (χ2n) is 10.0. The minimum absolute atomic E-state index is 0.121. The highest BCUT2D eigenvalue weighted by molar-refractivity contribution is 7.92. The average Bonchev–Trinajstić information content (AvgIpc) is 2.87. The highest BCUT2D eigenvalue weighted by atomic mass is 32.2. The van der Waals surface area contributed by atoms with E-state index in [0.29, 0.717) is 18.5 Å². The molecule has 2 aromatic carbocycles. The van der Waals surface area contributed by atoms with Gasteiger partial charge in [0.25, 0.3) is 0 Å². The molecular formula is C29H41N3O4S. The Morgan fingerprint density at radius 1 is 1.03 bits per heavy atom. The number of para-hydroxylation sites is 1. The summed E-state index contributed by atoms with van der Waals surface area (Å²) in [5.41, 5.74) is 3.29. The summed E-state index contributed by atoms with van der Waals surface area (Å²) in [6.07, 6.45) is 7.44. The molecule has 0 saturated heterocycles. The van der Waals surface area contributed by atoms with E-state index in [1.165, 1.54) is 10.7 Å². The van der Waals surface area contributed by atoms with Crippen molar-refractivity contribution in [3.05, 3.63) is 65.2 Å². The maximum absolute atomic E-state index is 13.9. The molecule has 37 heavy (non-hydrogen) atoms. The van der Waals surface area contributed by atoms with E-state index in [2.05, 4.69) is 5.32 Å². The van der Waals surface area contributed by atoms with Crippen LogP contribution in [0.15, 0.2) is 48.5 Å². The zero-order valence-electron chi connectivity index (χ0n) is 22.6. The lowest BCUT2D eigenvalue weighted by atomic mass is 9.95. The molecule has 0 aliphatic heterocycles. The number of carbonyl (C=O) groups excluding carboxylic acids is 2. The van der Waals surface area contributed by atoms with Crippen molar-refractivity contribution >= 4 is 27.5 Å². The van der Waals surface area contributed by atoms with E-state index in [-0.39, 0.29) is 25.0 Å². The molecule has 2 aromatic rings. The summed E-state index contributed by atoms with van der Waals surface area (Å²) in [5, 5.41) is 3.17. The largest absolute Gasteiger partial charge is 0.352 e. The van der Waals surface area contributed by atoms with Gasteiger partial charge in [-0.15, -0.1) is 0 Å². The number of sulfonamides is 1. The maximum atomic E-state index is 13.9. The van der Waals surface area contributed by atoms with Gasteiger partial charge >= 0.3 is 0 Å². The highest BCUT2D eigenvalue weighted by Crippen LogP contribution is 2.25. The fourth-order valence-electron chi connectivity index (χ4n) is 5.12. The number of nitrogens with zero attached hydrogens (tertiary/aromatic N) is 2. The molecule has 3 rings (SSSR count).